The van der Waals surface area contributed by atoms with Crippen molar-refractivity contribution in [3.05, 3.63) is 35.9 Å². The van der Waals surface area contributed by atoms with Gasteiger partial charge in [-0.3, -0.25) is 0 Å². The van der Waals surface area contributed by atoms with Gasteiger partial charge in [-0.05, 0) is 24.3 Å². The Hall–Kier alpha value is -1.31. The fourth-order valence-electron chi connectivity index (χ4n) is 0.480. The lowest BCUT2D eigenvalue weighted by atomic mass is 10.2. The normalized spacial score (nSPS) is 8.89. The van der Waals surface area contributed by atoms with Crippen molar-refractivity contribution in [1.82, 2.24) is 0 Å². The van der Waals surface area contributed by atoms with Gasteiger partial charge in [-0.25, -0.2) is 4.79 Å². The van der Waals surface area contributed by atoms with Gasteiger partial charge >= 0.3 is 5.97 Å². The molecule has 9 heavy (non-hydrogen) atoms. The summed E-state index contributed by atoms with van der Waals surface area (Å²) in [4.78, 5) is 10.2. The molecule has 0 saturated heterocycles. The fourth-order valence-corrected chi connectivity index (χ4v) is 0.480. The Kier molecular flexibility index (Phi) is 1.49. The Balaban J connectivity index is 2.98. The van der Waals surface area contributed by atoms with Crippen molar-refractivity contribution >= 4 is 5.97 Å². The average Bonchev–Trinajstić information content (AvgIpc) is 1.90. The van der Waals surface area contributed by atoms with Crippen LogP contribution in [0.25, 0.3) is 0 Å². The minimum Gasteiger partial charge on any atom is -0.478 e. The van der Waals surface area contributed by atoms with Gasteiger partial charge in [-0.15, -0.1) is 0 Å². The smallest absolute Gasteiger partial charge is 0.336 e. The van der Waals surface area contributed by atoms with E-state index in [0.29, 0.717) is 0 Å². The van der Waals surface area contributed by atoms with E-state index >= 15 is 0 Å². The Morgan fingerprint density at radius 1 is 1.67 bits per heavy atom. The molecular weight excluding hydrogens is 116 g/mol. The monoisotopic (exact) mass is 120 g/mol. The minimum absolute atomic E-state index is 0.175. The number of hydrogen-bond acceptors (Lipinski definition) is 1. The predicted octanol–water partition coefficient (Wildman–Crippen LogP) is 0.985. The summed E-state index contributed by atoms with van der Waals surface area (Å²) in [5.74, 6) is -0.955. The molecule has 1 rings (SSSR count). The van der Waals surface area contributed by atoms with Crippen molar-refractivity contribution in [2.45, 2.75) is 0 Å². The molecular formula is C7H4O2. The molecule has 2 radical (unpaired) electrons. The van der Waals surface area contributed by atoms with Crippen LogP contribution in [0.1, 0.15) is 10.4 Å². The van der Waals surface area contributed by atoms with Crippen LogP contribution in [0.3, 0.4) is 0 Å². The zero-order valence-electron chi connectivity index (χ0n) is 4.59. The lowest BCUT2D eigenvalue weighted by Crippen LogP contribution is -1.94. The molecule has 0 atom stereocenters. The standard InChI is InChI=1S/C7H4O2/c8-7(9)6-4-2-1-3-5-6/h2-4H,(H,8,9). The highest BCUT2D eigenvalue weighted by Gasteiger charge is 1.97. The van der Waals surface area contributed by atoms with E-state index in [1.54, 1.807) is 6.07 Å². The van der Waals surface area contributed by atoms with Gasteiger partial charge in [0.1, 0.15) is 0 Å². The Labute approximate surface area is 52.8 Å². The number of carbonyl (C=O) groups is 1. The van der Waals surface area contributed by atoms with Crippen molar-refractivity contribution in [1.29, 1.82) is 0 Å². The summed E-state index contributed by atoms with van der Waals surface area (Å²) in [7, 11) is 0. The van der Waals surface area contributed by atoms with E-state index in [1.807, 2.05) is 0 Å². The Morgan fingerprint density at radius 2 is 2.44 bits per heavy atom. The van der Waals surface area contributed by atoms with Crippen molar-refractivity contribution < 1.29 is 9.90 Å². The summed E-state index contributed by atoms with van der Waals surface area (Å²) in [6, 6.07) is 9.62. The van der Waals surface area contributed by atoms with Crippen molar-refractivity contribution in [2.75, 3.05) is 0 Å². The molecule has 0 aliphatic carbocycles. The van der Waals surface area contributed by atoms with Gasteiger partial charge in [-0.1, -0.05) is 6.07 Å². The largest absolute Gasteiger partial charge is 0.478 e. The van der Waals surface area contributed by atoms with Crippen LogP contribution in [0.5, 0.6) is 0 Å². The zero-order chi connectivity index (χ0) is 6.69. The SMILES string of the molecule is O=C(O)c1[c]c[c]cc1. The second kappa shape index (κ2) is 2.31. The highest BCUT2D eigenvalue weighted by molar-refractivity contribution is 5.86. The third kappa shape index (κ3) is 1.29. The maximum absolute atomic E-state index is 10.2. The lowest BCUT2D eigenvalue weighted by Gasteiger charge is -1.87. The molecule has 0 aliphatic rings. The van der Waals surface area contributed by atoms with E-state index in [2.05, 4.69) is 12.1 Å². The van der Waals surface area contributed by atoms with Gasteiger partial charge in [-0.2, -0.15) is 0 Å². The van der Waals surface area contributed by atoms with Crippen LogP contribution in [0, 0.1) is 12.1 Å². The van der Waals surface area contributed by atoms with Crippen LogP contribution in [0.15, 0.2) is 18.2 Å². The molecule has 0 bridgehead atoms. The summed E-state index contributed by atoms with van der Waals surface area (Å²) in [5.41, 5.74) is 0.175. The molecule has 0 heterocycles. The molecule has 1 N–H and O–H groups in total. The molecule has 0 aromatic heterocycles. The van der Waals surface area contributed by atoms with Crippen LogP contribution >= 0.6 is 0 Å². The topological polar surface area (TPSA) is 37.3 Å². The maximum atomic E-state index is 10.2. The first-order valence-corrected chi connectivity index (χ1v) is 2.42. The van der Waals surface area contributed by atoms with E-state index in [-0.39, 0.29) is 5.56 Å². The molecule has 2 heteroatoms. The van der Waals surface area contributed by atoms with E-state index in [9.17, 15) is 4.79 Å². The molecule has 0 fully saturated rings. The van der Waals surface area contributed by atoms with E-state index in [1.165, 1.54) is 12.1 Å². The zero-order valence-corrected chi connectivity index (χ0v) is 4.59. The highest BCUT2D eigenvalue weighted by Crippen LogP contribution is 1.94. The second-order valence-corrected chi connectivity index (χ2v) is 1.51. The first-order chi connectivity index (χ1) is 4.30. The van der Waals surface area contributed by atoms with Crippen molar-refractivity contribution in [2.24, 2.45) is 0 Å². The number of rotatable bonds is 1. The van der Waals surface area contributed by atoms with Crippen LogP contribution in [-0.4, -0.2) is 11.1 Å². The van der Waals surface area contributed by atoms with E-state index < -0.39 is 5.97 Å². The maximum Gasteiger partial charge on any atom is 0.336 e. The van der Waals surface area contributed by atoms with Crippen LogP contribution in [0.4, 0.5) is 0 Å². The molecule has 0 amide bonds. The minimum atomic E-state index is -0.955. The van der Waals surface area contributed by atoms with Gasteiger partial charge in [0.05, 0.1) is 5.56 Å². The number of carboxylic acid groups (broad SMARTS) is 1. The Morgan fingerprint density at radius 3 is 2.78 bits per heavy atom. The number of carboxylic acids is 1. The Bertz CT molecular complexity index is 203. The van der Waals surface area contributed by atoms with Gasteiger partial charge < -0.3 is 5.11 Å². The van der Waals surface area contributed by atoms with Gasteiger partial charge in [0.25, 0.3) is 0 Å². The molecule has 0 saturated carbocycles. The molecule has 0 aliphatic heterocycles. The van der Waals surface area contributed by atoms with Crippen LogP contribution < -0.4 is 0 Å². The number of benzene rings is 1. The third-order valence-corrected chi connectivity index (χ3v) is 0.888. The first-order valence-electron chi connectivity index (χ1n) is 2.42. The highest BCUT2D eigenvalue weighted by atomic mass is 16.4. The summed E-state index contributed by atoms with van der Waals surface area (Å²) in [6.07, 6.45) is 0. The summed E-state index contributed by atoms with van der Waals surface area (Å²) >= 11 is 0. The number of hydrogen-bond donors (Lipinski definition) is 1. The molecule has 1 aromatic carbocycles. The second-order valence-electron chi connectivity index (χ2n) is 1.51. The lowest BCUT2D eigenvalue weighted by molar-refractivity contribution is 0.0696. The van der Waals surface area contributed by atoms with Crippen LogP contribution in [0.2, 0.25) is 0 Å². The van der Waals surface area contributed by atoms with Crippen molar-refractivity contribution in [3.8, 4) is 0 Å². The van der Waals surface area contributed by atoms with E-state index in [4.69, 9.17) is 5.11 Å². The first kappa shape index (κ1) is 5.82. The molecule has 1 aromatic rings. The quantitative estimate of drug-likeness (QED) is 0.599. The van der Waals surface area contributed by atoms with Crippen molar-refractivity contribution in [3.63, 3.8) is 0 Å². The molecule has 2 nitrogen and oxygen atoms in total. The van der Waals surface area contributed by atoms with Gasteiger partial charge in [0, 0.05) is 0 Å². The summed E-state index contributed by atoms with van der Waals surface area (Å²) in [5, 5.41) is 8.34. The average molecular weight is 120 g/mol. The third-order valence-electron chi connectivity index (χ3n) is 0.888. The van der Waals surface area contributed by atoms with Gasteiger partial charge in [0.2, 0.25) is 0 Å². The molecule has 44 valence electrons. The number of aromatic carboxylic acids is 1. The predicted molar refractivity (Wildman–Crippen MR) is 31.1 cm³/mol. The van der Waals surface area contributed by atoms with Crippen LogP contribution in [-0.2, 0) is 0 Å². The summed E-state index contributed by atoms with van der Waals surface area (Å²) < 4.78 is 0. The molecule has 0 unspecified atom stereocenters. The van der Waals surface area contributed by atoms with Gasteiger partial charge in [0.15, 0.2) is 0 Å². The molecule has 0 spiro atoms. The van der Waals surface area contributed by atoms with E-state index in [0.717, 1.165) is 0 Å². The summed E-state index contributed by atoms with van der Waals surface area (Å²) in [6.45, 7) is 0. The fraction of sp³-hybridized carbons (Fsp3) is 0.